The molecule has 0 saturated heterocycles. The molecule has 1 aromatic heterocycles. The summed E-state index contributed by atoms with van der Waals surface area (Å²) in [6.45, 7) is 2.19. The van der Waals surface area contributed by atoms with Crippen LogP contribution in [0, 0.1) is 28.4 Å². The van der Waals surface area contributed by atoms with E-state index in [4.69, 9.17) is 9.47 Å². The predicted octanol–water partition coefficient (Wildman–Crippen LogP) is 6.19. The smallest absolute Gasteiger partial charge is 0.269 e. The van der Waals surface area contributed by atoms with Gasteiger partial charge in [-0.2, -0.15) is 5.26 Å². The Morgan fingerprint density at radius 3 is 2.68 bits per heavy atom. The second kappa shape index (κ2) is 9.77. The molecule has 3 aromatic carbocycles. The summed E-state index contributed by atoms with van der Waals surface area (Å²) in [4.78, 5) is 18.1. The number of fused-ring (bicyclic) bond motifs is 1. The Labute approximate surface area is 203 Å². The maximum atomic E-state index is 10.8. The van der Waals surface area contributed by atoms with Crippen LogP contribution in [0.3, 0.4) is 0 Å². The number of non-ortho nitro benzene ring substituents is 1. The van der Waals surface area contributed by atoms with Crippen molar-refractivity contribution in [3.8, 4) is 17.6 Å². The molecule has 0 amide bonds. The van der Waals surface area contributed by atoms with Gasteiger partial charge in [-0.05, 0) is 82.0 Å². The molecular weight excluding hydrogens is 500 g/mol. The number of aromatic nitrogens is 2. The number of nitrogens with zero attached hydrogens (tertiary/aromatic N) is 3. The molecule has 0 aliphatic rings. The number of halogens is 1. The number of nitriles is 1. The summed E-state index contributed by atoms with van der Waals surface area (Å²) in [6.07, 6.45) is 1.72. The third-order valence-corrected chi connectivity index (χ3v) is 5.70. The van der Waals surface area contributed by atoms with Crippen molar-refractivity contribution in [2.24, 2.45) is 0 Å². The lowest BCUT2D eigenvalue weighted by molar-refractivity contribution is -0.384. The van der Waals surface area contributed by atoms with Crippen molar-refractivity contribution in [2.45, 2.75) is 13.5 Å². The van der Waals surface area contributed by atoms with Gasteiger partial charge in [-0.15, -0.1) is 0 Å². The van der Waals surface area contributed by atoms with E-state index in [0.29, 0.717) is 27.4 Å². The molecule has 9 heteroatoms. The topological polar surface area (TPSA) is 114 Å². The van der Waals surface area contributed by atoms with Crippen molar-refractivity contribution in [1.82, 2.24) is 9.97 Å². The molecule has 0 aliphatic carbocycles. The van der Waals surface area contributed by atoms with E-state index in [9.17, 15) is 15.4 Å². The quantitative estimate of drug-likeness (QED) is 0.177. The van der Waals surface area contributed by atoms with Gasteiger partial charge in [0.25, 0.3) is 5.69 Å². The van der Waals surface area contributed by atoms with E-state index >= 15 is 0 Å². The average molecular weight is 519 g/mol. The lowest BCUT2D eigenvalue weighted by Gasteiger charge is -2.14. The maximum Gasteiger partial charge on any atom is 0.269 e. The third-order valence-electron chi connectivity index (χ3n) is 5.11. The van der Waals surface area contributed by atoms with Gasteiger partial charge < -0.3 is 14.5 Å². The summed E-state index contributed by atoms with van der Waals surface area (Å²) in [7, 11) is 1.53. The number of hydrogen-bond donors (Lipinski definition) is 1. The van der Waals surface area contributed by atoms with Crippen LogP contribution in [0.4, 0.5) is 5.69 Å². The molecule has 0 spiro atoms. The summed E-state index contributed by atoms with van der Waals surface area (Å²) in [5, 5.41) is 20.6. The van der Waals surface area contributed by atoms with Crippen molar-refractivity contribution in [1.29, 1.82) is 5.26 Å². The first-order chi connectivity index (χ1) is 16.4. The summed E-state index contributed by atoms with van der Waals surface area (Å²) >= 11 is 3.52. The Morgan fingerprint density at radius 1 is 1.24 bits per heavy atom. The van der Waals surface area contributed by atoms with Gasteiger partial charge in [0.1, 0.15) is 18.5 Å². The molecule has 0 radical (unpaired) electrons. The van der Waals surface area contributed by atoms with Crippen LogP contribution in [0.1, 0.15) is 22.5 Å². The second-order valence-corrected chi connectivity index (χ2v) is 8.38. The molecule has 8 nitrogen and oxygen atoms in total. The van der Waals surface area contributed by atoms with Gasteiger partial charge in [-0.3, -0.25) is 10.1 Å². The van der Waals surface area contributed by atoms with Crippen molar-refractivity contribution < 1.29 is 14.4 Å². The fraction of sp³-hybridized carbons (Fsp3) is 0.120. The molecule has 4 aromatic rings. The van der Waals surface area contributed by atoms with Gasteiger partial charge >= 0.3 is 0 Å². The molecule has 4 rings (SSSR count). The normalized spacial score (nSPS) is 11.3. The zero-order valence-electron chi connectivity index (χ0n) is 18.3. The van der Waals surface area contributed by atoms with Gasteiger partial charge in [0.2, 0.25) is 0 Å². The molecule has 170 valence electrons. The summed E-state index contributed by atoms with van der Waals surface area (Å²) in [5.74, 6) is 1.44. The van der Waals surface area contributed by atoms with Crippen LogP contribution < -0.4 is 9.47 Å². The Bertz CT molecular complexity index is 1450. The minimum atomic E-state index is -0.446. The number of ether oxygens (including phenoxy) is 2. The van der Waals surface area contributed by atoms with Crippen LogP contribution >= 0.6 is 15.9 Å². The van der Waals surface area contributed by atoms with Gasteiger partial charge in [0.05, 0.1) is 33.1 Å². The van der Waals surface area contributed by atoms with Crippen molar-refractivity contribution >= 4 is 44.3 Å². The van der Waals surface area contributed by atoms with Gasteiger partial charge in [-0.25, -0.2) is 4.98 Å². The number of imidazole rings is 1. The number of rotatable bonds is 7. The largest absolute Gasteiger partial charge is 0.493 e. The first-order valence-corrected chi connectivity index (χ1v) is 11.0. The third kappa shape index (κ3) is 4.92. The van der Waals surface area contributed by atoms with Crippen LogP contribution in [0.2, 0.25) is 0 Å². The van der Waals surface area contributed by atoms with E-state index < -0.39 is 4.92 Å². The number of allylic oxidation sites excluding steroid dienone is 1. The number of methoxy groups -OCH3 is 1. The van der Waals surface area contributed by atoms with E-state index in [0.717, 1.165) is 27.7 Å². The highest BCUT2D eigenvalue weighted by Crippen LogP contribution is 2.38. The number of H-pyrrole nitrogens is 1. The molecular formula is C25H19BrN4O4. The first-order valence-electron chi connectivity index (χ1n) is 10.2. The zero-order chi connectivity index (χ0) is 24.2. The molecule has 0 bridgehead atoms. The molecule has 0 unspecified atom stereocenters. The van der Waals surface area contributed by atoms with Gasteiger partial charge in [0, 0.05) is 12.1 Å². The minimum absolute atomic E-state index is 0.0199. The van der Waals surface area contributed by atoms with Crippen LogP contribution in [-0.4, -0.2) is 22.0 Å². The minimum Gasteiger partial charge on any atom is -0.493 e. The number of benzene rings is 3. The lowest BCUT2D eigenvalue weighted by atomic mass is 10.1. The molecule has 0 aliphatic heterocycles. The van der Waals surface area contributed by atoms with Crippen LogP contribution in [0.5, 0.6) is 11.5 Å². The van der Waals surface area contributed by atoms with E-state index in [1.54, 1.807) is 24.3 Å². The highest BCUT2D eigenvalue weighted by atomic mass is 79.9. The molecule has 0 atom stereocenters. The monoisotopic (exact) mass is 518 g/mol. The van der Waals surface area contributed by atoms with E-state index in [-0.39, 0.29) is 12.3 Å². The standard InChI is InChI=1S/C25H19BrN4O4/c1-15-3-8-21-22(9-15)29-25(28-21)18(13-27)10-17-11-20(26)24(23(12-17)33-2)34-14-16-4-6-19(7-5-16)30(31)32/h3-12H,14H2,1-2H3,(H,28,29)/b18-10-. The Kier molecular flexibility index (Phi) is 6.61. The van der Waals surface area contributed by atoms with E-state index in [1.165, 1.54) is 19.2 Å². The van der Waals surface area contributed by atoms with E-state index in [2.05, 4.69) is 32.0 Å². The highest BCUT2D eigenvalue weighted by molar-refractivity contribution is 9.10. The van der Waals surface area contributed by atoms with Crippen molar-refractivity contribution in [3.05, 3.63) is 91.7 Å². The fourth-order valence-electron chi connectivity index (χ4n) is 3.40. The summed E-state index contributed by atoms with van der Waals surface area (Å²) in [5.41, 5.74) is 4.65. The Balaban J connectivity index is 1.60. The fourth-order valence-corrected chi connectivity index (χ4v) is 3.98. The maximum absolute atomic E-state index is 10.8. The highest BCUT2D eigenvalue weighted by Gasteiger charge is 2.14. The SMILES string of the molecule is COc1cc(/C=C(/C#N)c2nc3ccc(C)cc3[nH]2)cc(Br)c1OCc1ccc([N+](=O)[O-])cc1. The van der Waals surface area contributed by atoms with Crippen LogP contribution in [0.15, 0.2) is 59.1 Å². The van der Waals surface area contributed by atoms with Crippen molar-refractivity contribution in [3.63, 3.8) is 0 Å². The number of nitro groups is 1. The Morgan fingerprint density at radius 2 is 2.00 bits per heavy atom. The van der Waals surface area contributed by atoms with Crippen molar-refractivity contribution in [2.75, 3.05) is 7.11 Å². The summed E-state index contributed by atoms with van der Waals surface area (Å²) in [6, 6.07) is 17.8. The Hall–Kier alpha value is -4.16. The van der Waals surface area contributed by atoms with Crippen LogP contribution in [-0.2, 0) is 6.61 Å². The number of nitrogens with one attached hydrogen (secondary N) is 1. The molecule has 0 fully saturated rings. The number of hydrogen-bond acceptors (Lipinski definition) is 6. The molecule has 0 saturated carbocycles. The predicted molar refractivity (Wildman–Crippen MR) is 132 cm³/mol. The molecule has 34 heavy (non-hydrogen) atoms. The summed E-state index contributed by atoms with van der Waals surface area (Å²) < 4.78 is 12.1. The zero-order valence-corrected chi connectivity index (χ0v) is 19.9. The average Bonchev–Trinajstić information content (AvgIpc) is 3.24. The van der Waals surface area contributed by atoms with Gasteiger partial charge in [0.15, 0.2) is 11.5 Å². The lowest BCUT2D eigenvalue weighted by Crippen LogP contribution is -1.99. The number of aromatic amines is 1. The van der Waals surface area contributed by atoms with E-state index in [1.807, 2.05) is 31.2 Å². The first kappa shape index (κ1) is 23.0. The van der Waals surface area contributed by atoms with Crippen LogP contribution in [0.25, 0.3) is 22.7 Å². The van der Waals surface area contributed by atoms with Gasteiger partial charge in [-0.1, -0.05) is 6.07 Å². The molecule has 1 heterocycles. The number of aryl methyl sites for hydroxylation is 1. The number of nitro benzene ring substituents is 1. The second-order valence-electron chi connectivity index (χ2n) is 7.52. The molecule has 1 N–H and O–H groups in total.